The lowest BCUT2D eigenvalue weighted by atomic mass is 10.0. The summed E-state index contributed by atoms with van der Waals surface area (Å²) >= 11 is 6.18. The number of unbranched alkanes of at least 4 members (excludes halogenated alkanes) is 3. The van der Waals surface area contributed by atoms with E-state index in [0.717, 1.165) is 49.9 Å². The summed E-state index contributed by atoms with van der Waals surface area (Å²) in [6, 6.07) is 4.11. The van der Waals surface area contributed by atoms with Gasteiger partial charge in [0.15, 0.2) is 0 Å². The molecule has 21 heavy (non-hydrogen) atoms. The van der Waals surface area contributed by atoms with Crippen LogP contribution in [-0.4, -0.2) is 33.4 Å². The first kappa shape index (κ1) is 16.6. The van der Waals surface area contributed by atoms with Gasteiger partial charge >= 0.3 is 0 Å². The van der Waals surface area contributed by atoms with Crippen molar-refractivity contribution in [1.82, 2.24) is 5.32 Å². The van der Waals surface area contributed by atoms with Gasteiger partial charge in [0.05, 0.1) is 13.2 Å². The van der Waals surface area contributed by atoms with E-state index in [4.69, 9.17) is 21.1 Å². The molecule has 0 unspecified atom stereocenters. The molecule has 0 saturated carbocycles. The van der Waals surface area contributed by atoms with Gasteiger partial charge < -0.3 is 14.8 Å². The molecule has 1 aromatic carbocycles. The second-order valence-electron chi connectivity index (χ2n) is 5.56. The van der Waals surface area contributed by atoms with Crippen molar-refractivity contribution in [3.63, 3.8) is 0 Å². The van der Waals surface area contributed by atoms with Crippen LogP contribution in [-0.2, 0) is 17.6 Å². The molecular weight excluding hydrogens is 286 g/mol. The molecule has 1 aliphatic rings. The van der Waals surface area contributed by atoms with Crippen molar-refractivity contribution in [2.75, 3.05) is 33.4 Å². The first-order valence-electron chi connectivity index (χ1n) is 7.95. The topological polar surface area (TPSA) is 30.5 Å². The molecular formula is C17H26ClNO2. The monoisotopic (exact) mass is 311 g/mol. The molecule has 4 heteroatoms. The lowest BCUT2D eigenvalue weighted by Crippen LogP contribution is -2.20. The highest BCUT2D eigenvalue weighted by molar-refractivity contribution is 6.30. The number of halogens is 1. The third-order valence-electron chi connectivity index (χ3n) is 3.86. The van der Waals surface area contributed by atoms with E-state index in [-0.39, 0.29) is 0 Å². The molecule has 1 N–H and O–H groups in total. The number of benzene rings is 1. The van der Waals surface area contributed by atoms with Gasteiger partial charge in [-0.3, -0.25) is 0 Å². The summed E-state index contributed by atoms with van der Waals surface area (Å²) in [6.45, 7) is 3.62. The Kier molecular flexibility index (Phi) is 7.34. The summed E-state index contributed by atoms with van der Waals surface area (Å²) in [5.74, 6) is 1.10. The molecule has 0 spiro atoms. The minimum Gasteiger partial charge on any atom is -0.493 e. The van der Waals surface area contributed by atoms with Gasteiger partial charge in [-0.25, -0.2) is 0 Å². The van der Waals surface area contributed by atoms with Gasteiger partial charge in [-0.2, -0.15) is 0 Å². The highest BCUT2D eigenvalue weighted by atomic mass is 35.5. The van der Waals surface area contributed by atoms with Crippen molar-refractivity contribution >= 4 is 11.6 Å². The van der Waals surface area contributed by atoms with Crippen molar-refractivity contribution < 1.29 is 9.47 Å². The molecule has 1 heterocycles. The third-order valence-corrected chi connectivity index (χ3v) is 4.08. The Labute approximate surface area is 133 Å². The minimum absolute atomic E-state index is 0.792. The lowest BCUT2D eigenvalue weighted by molar-refractivity contribution is 0.199. The fourth-order valence-electron chi connectivity index (χ4n) is 2.75. The van der Waals surface area contributed by atoms with Crippen molar-refractivity contribution in [3.8, 4) is 5.75 Å². The largest absolute Gasteiger partial charge is 0.493 e. The molecule has 0 atom stereocenters. The number of nitrogens with one attached hydrogen (secondary N) is 1. The zero-order valence-electron chi connectivity index (χ0n) is 12.9. The lowest BCUT2D eigenvalue weighted by Gasteiger charge is -2.09. The fraction of sp³-hybridized carbons (Fsp3) is 0.647. The van der Waals surface area contributed by atoms with Crippen LogP contribution < -0.4 is 10.1 Å². The van der Waals surface area contributed by atoms with Crippen LogP contribution in [0.25, 0.3) is 0 Å². The molecule has 0 aliphatic carbocycles. The maximum Gasteiger partial charge on any atom is 0.125 e. The maximum absolute atomic E-state index is 6.18. The first-order valence-corrected chi connectivity index (χ1v) is 8.33. The summed E-state index contributed by atoms with van der Waals surface area (Å²) in [4.78, 5) is 0. The summed E-state index contributed by atoms with van der Waals surface area (Å²) in [7, 11) is 1.73. The molecule has 118 valence electrons. The van der Waals surface area contributed by atoms with E-state index in [2.05, 4.69) is 11.4 Å². The van der Waals surface area contributed by atoms with Gasteiger partial charge in [0.2, 0.25) is 0 Å². The number of fused-ring (bicyclic) bond motifs is 1. The summed E-state index contributed by atoms with van der Waals surface area (Å²) in [5, 5.41) is 4.22. The van der Waals surface area contributed by atoms with Gasteiger partial charge in [0.1, 0.15) is 5.75 Å². The molecule has 0 bridgehead atoms. The predicted octanol–water partition coefficient (Wildman–Crippen LogP) is 3.61. The number of rotatable bonds is 10. The van der Waals surface area contributed by atoms with Gasteiger partial charge in [-0.05, 0) is 49.1 Å². The summed E-state index contributed by atoms with van der Waals surface area (Å²) in [5.41, 5.74) is 2.56. The molecule has 2 rings (SSSR count). The molecule has 0 saturated heterocycles. The average molecular weight is 312 g/mol. The van der Waals surface area contributed by atoms with Gasteiger partial charge in [-0.1, -0.05) is 24.4 Å². The molecule has 1 aliphatic heterocycles. The summed E-state index contributed by atoms with van der Waals surface area (Å²) < 4.78 is 10.7. The van der Waals surface area contributed by atoms with E-state index in [1.807, 2.05) is 6.07 Å². The summed E-state index contributed by atoms with van der Waals surface area (Å²) in [6.07, 6.45) is 7.02. The number of hydrogen-bond donors (Lipinski definition) is 1. The van der Waals surface area contributed by atoms with Crippen molar-refractivity contribution in [3.05, 3.63) is 28.3 Å². The van der Waals surface area contributed by atoms with Crippen molar-refractivity contribution in [1.29, 1.82) is 0 Å². The van der Waals surface area contributed by atoms with Crippen LogP contribution in [0.3, 0.4) is 0 Å². The van der Waals surface area contributed by atoms with E-state index in [9.17, 15) is 0 Å². The zero-order valence-corrected chi connectivity index (χ0v) is 13.7. The molecule has 1 aromatic rings. The maximum atomic E-state index is 6.18. The van der Waals surface area contributed by atoms with Crippen LogP contribution in [0.5, 0.6) is 5.75 Å². The molecule has 0 amide bonds. The Balaban J connectivity index is 1.61. The smallest absolute Gasteiger partial charge is 0.125 e. The molecule has 0 fully saturated rings. The quantitative estimate of drug-likeness (QED) is 0.670. The number of methoxy groups -OCH3 is 1. The van der Waals surface area contributed by atoms with E-state index in [1.54, 1.807) is 7.11 Å². The van der Waals surface area contributed by atoms with Crippen LogP contribution >= 0.6 is 11.6 Å². The highest BCUT2D eigenvalue weighted by Gasteiger charge is 2.16. The number of ether oxygens (including phenoxy) is 2. The van der Waals surface area contributed by atoms with Crippen molar-refractivity contribution in [2.24, 2.45) is 0 Å². The number of aryl methyl sites for hydroxylation is 1. The fourth-order valence-corrected chi connectivity index (χ4v) is 3.01. The van der Waals surface area contributed by atoms with Crippen molar-refractivity contribution in [2.45, 2.75) is 38.5 Å². The van der Waals surface area contributed by atoms with Crippen LogP contribution in [0, 0.1) is 0 Å². The van der Waals surface area contributed by atoms with Gasteiger partial charge in [0, 0.05) is 25.1 Å². The third kappa shape index (κ3) is 5.50. The first-order chi connectivity index (χ1) is 10.3. The molecule has 0 radical (unpaired) electrons. The van der Waals surface area contributed by atoms with Gasteiger partial charge in [0.25, 0.3) is 0 Å². The Bertz CT molecular complexity index is 437. The average Bonchev–Trinajstić information content (AvgIpc) is 2.93. The Morgan fingerprint density at radius 2 is 2.05 bits per heavy atom. The Hall–Kier alpha value is -0.770. The standard InChI is InChI=1S/C17H26ClNO2/c1-20-11-9-19-8-5-3-2-4-6-14-12-16(18)13-15-7-10-21-17(14)15/h12-13,19H,2-11H2,1H3. The second kappa shape index (κ2) is 9.29. The zero-order chi connectivity index (χ0) is 14.9. The SMILES string of the molecule is COCCNCCCCCCc1cc(Cl)cc2c1OCC2. The predicted molar refractivity (Wildman–Crippen MR) is 87.6 cm³/mol. The minimum atomic E-state index is 0.792. The van der Waals surface area contributed by atoms with Crippen LogP contribution in [0.4, 0.5) is 0 Å². The second-order valence-corrected chi connectivity index (χ2v) is 6.00. The Morgan fingerprint density at radius 1 is 1.19 bits per heavy atom. The normalized spacial score (nSPS) is 13.2. The van der Waals surface area contributed by atoms with Crippen LogP contribution in [0.2, 0.25) is 5.02 Å². The Morgan fingerprint density at radius 3 is 2.90 bits per heavy atom. The molecule has 0 aromatic heterocycles. The van der Waals surface area contributed by atoms with Gasteiger partial charge in [-0.15, -0.1) is 0 Å². The van der Waals surface area contributed by atoms with E-state index in [1.165, 1.54) is 36.8 Å². The van der Waals surface area contributed by atoms with Crippen LogP contribution in [0.1, 0.15) is 36.8 Å². The number of hydrogen-bond acceptors (Lipinski definition) is 3. The van der Waals surface area contributed by atoms with Crippen LogP contribution in [0.15, 0.2) is 12.1 Å². The highest BCUT2D eigenvalue weighted by Crippen LogP contribution is 2.33. The van der Waals surface area contributed by atoms with E-state index in [0.29, 0.717) is 0 Å². The van der Waals surface area contributed by atoms with E-state index < -0.39 is 0 Å². The molecule has 3 nitrogen and oxygen atoms in total. The van der Waals surface area contributed by atoms with E-state index >= 15 is 0 Å².